The van der Waals surface area contributed by atoms with Gasteiger partial charge in [-0.3, -0.25) is 10.1 Å². The Balaban J connectivity index is 1.39. The molecule has 0 fully saturated rings. The number of rotatable bonds is 3. The lowest BCUT2D eigenvalue weighted by atomic mass is 10.00. The van der Waals surface area contributed by atoms with Gasteiger partial charge in [-0.15, -0.1) is 11.3 Å². The van der Waals surface area contributed by atoms with E-state index in [0.717, 1.165) is 6.42 Å². The van der Waals surface area contributed by atoms with Crippen molar-refractivity contribution < 1.29 is 9.59 Å². The summed E-state index contributed by atoms with van der Waals surface area (Å²) in [6.45, 7) is 1.26. The molecule has 1 aromatic heterocycles. The van der Waals surface area contributed by atoms with Crippen LogP contribution in [0.5, 0.6) is 0 Å². The summed E-state index contributed by atoms with van der Waals surface area (Å²) < 4.78 is 0. The Labute approximate surface area is 160 Å². The maximum absolute atomic E-state index is 12.7. The van der Waals surface area contributed by atoms with Gasteiger partial charge in [0.1, 0.15) is 5.69 Å². The van der Waals surface area contributed by atoms with E-state index < -0.39 is 0 Å². The number of benzene rings is 2. The van der Waals surface area contributed by atoms with Gasteiger partial charge >= 0.3 is 6.03 Å². The second-order valence-electron chi connectivity index (χ2n) is 6.23. The van der Waals surface area contributed by atoms with Crippen LogP contribution in [0.15, 0.2) is 60.0 Å². The van der Waals surface area contributed by atoms with Crippen LogP contribution in [-0.2, 0) is 13.0 Å². The number of carbonyl (C=O) groups is 2. The molecule has 1 aliphatic heterocycles. The molecule has 2 aromatic carbocycles. The average molecular weight is 378 g/mol. The number of hydrogen-bond acceptors (Lipinski definition) is 4. The molecule has 3 amide bonds. The minimum atomic E-state index is -0.388. The fraction of sp³-hybridized carbons (Fsp3) is 0.150. The van der Waals surface area contributed by atoms with Gasteiger partial charge < -0.3 is 10.2 Å². The Bertz CT molecular complexity index is 971. The molecule has 1 aliphatic rings. The zero-order valence-electron chi connectivity index (χ0n) is 14.5. The number of nitrogens with one attached hydrogen (secondary N) is 2. The minimum absolute atomic E-state index is 0.114. The molecule has 4 rings (SSSR count). The molecule has 6 nitrogen and oxygen atoms in total. The summed E-state index contributed by atoms with van der Waals surface area (Å²) in [6.07, 6.45) is 0.844. The van der Waals surface area contributed by atoms with Gasteiger partial charge in [0.05, 0.1) is 0 Å². The van der Waals surface area contributed by atoms with E-state index in [0.29, 0.717) is 29.6 Å². The highest BCUT2D eigenvalue weighted by atomic mass is 32.1. The van der Waals surface area contributed by atoms with Crippen molar-refractivity contribution in [1.29, 1.82) is 0 Å². The number of carbonyl (C=O) groups excluding carboxylic acids is 2. The monoisotopic (exact) mass is 378 g/mol. The highest BCUT2D eigenvalue weighted by Crippen LogP contribution is 2.22. The van der Waals surface area contributed by atoms with Crippen molar-refractivity contribution in [3.8, 4) is 0 Å². The van der Waals surface area contributed by atoms with E-state index in [1.54, 1.807) is 22.4 Å². The molecule has 0 aliphatic carbocycles. The standard InChI is InChI=1S/C20H18N4O2S/c25-18(24-11-10-14-6-4-5-7-15(14)12-24)17-13-27-20(22-17)23-19(26)21-16-8-2-1-3-9-16/h1-9,13H,10-12H2,(H2,21,22,23,26). The van der Waals surface area contributed by atoms with Crippen molar-refractivity contribution >= 4 is 34.1 Å². The van der Waals surface area contributed by atoms with E-state index in [9.17, 15) is 9.59 Å². The number of hydrogen-bond donors (Lipinski definition) is 2. The van der Waals surface area contributed by atoms with Crippen molar-refractivity contribution in [3.63, 3.8) is 0 Å². The quantitative estimate of drug-likeness (QED) is 0.724. The zero-order valence-corrected chi connectivity index (χ0v) is 15.3. The maximum atomic E-state index is 12.7. The lowest BCUT2D eigenvalue weighted by Crippen LogP contribution is -2.36. The molecule has 2 heterocycles. The summed E-state index contributed by atoms with van der Waals surface area (Å²) in [7, 11) is 0. The van der Waals surface area contributed by atoms with Crippen LogP contribution in [0.4, 0.5) is 15.6 Å². The molecular formula is C20H18N4O2S. The van der Waals surface area contributed by atoms with Crippen molar-refractivity contribution in [1.82, 2.24) is 9.88 Å². The number of anilines is 2. The maximum Gasteiger partial charge on any atom is 0.325 e. The summed E-state index contributed by atoms with van der Waals surface area (Å²) >= 11 is 1.24. The summed E-state index contributed by atoms with van der Waals surface area (Å²) in [4.78, 5) is 30.9. The van der Waals surface area contributed by atoms with Crippen LogP contribution in [0, 0.1) is 0 Å². The predicted molar refractivity (Wildman–Crippen MR) is 106 cm³/mol. The number of amides is 3. The first-order valence-electron chi connectivity index (χ1n) is 8.64. The summed E-state index contributed by atoms with van der Waals surface area (Å²) in [5.74, 6) is -0.114. The molecule has 27 heavy (non-hydrogen) atoms. The Hall–Kier alpha value is -3.19. The number of fused-ring (bicyclic) bond motifs is 1. The van der Waals surface area contributed by atoms with E-state index in [-0.39, 0.29) is 11.9 Å². The summed E-state index contributed by atoms with van der Waals surface area (Å²) in [5, 5.41) is 7.47. The van der Waals surface area contributed by atoms with Crippen molar-refractivity contribution in [2.24, 2.45) is 0 Å². The van der Waals surface area contributed by atoms with Gasteiger partial charge in [0.2, 0.25) is 0 Å². The molecular weight excluding hydrogens is 360 g/mol. The van der Waals surface area contributed by atoms with Gasteiger partial charge in [-0.05, 0) is 29.7 Å². The Kier molecular flexibility index (Phi) is 4.84. The van der Waals surface area contributed by atoms with Crippen molar-refractivity contribution in [2.45, 2.75) is 13.0 Å². The molecule has 0 saturated heterocycles. The highest BCUT2D eigenvalue weighted by Gasteiger charge is 2.23. The van der Waals surface area contributed by atoms with Crippen LogP contribution in [-0.4, -0.2) is 28.4 Å². The smallest absolute Gasteiger partial charge is 0.325 e. The largest absolute Gasteiger partial charge is 0.333 e. The number of aromatic nitrogens is 1. The summed E-state index contributed by atoms with van der Waals surface area (Å²) in [5.41, 5.74) is 3.51. The number of nitrogens with zero attached hydrogens (tertiary/aromatic N) is 2. The van der Waals surface area contributed by atoms with Crippen LogP contribution in [0.1, 0.15) is 21.6 Å². The first-order chi connectivity index (χ1) is 13.2. The normalized spacial score (nSPS) is 13.0. The van der Waals surface area contributed by atoms with Crippen LogP contribution in [0.2, 0.25) is 0 Å². The second-order valence-corrected chi connectivity index (χ2v) is 7.09. The fourth-order valence-corrected chi connectivity index (χ4v) is 3.72. The molecule has 0 unspecified atom stereocenters. The molecule has 3 aromatic rings. The third-order valence-corrected chi connectivity index (χ3v) is 5.15. The van der Waals surface area contributed by atoms with Gasteiger partial charge in [-0.2, -0.15) is 0 Å². The number of thiazole rings is 1. The van der Waals surface area contributed by atoms with E-state index in [2.05, 4.69) is 27.8 Å². The lowest BCUT2D eigenvalue weighted by molar-refractivity contribution is 0.0729. The van der Waals surface area contributed by atoms with Gasteiger partial charge in [0, 0.05) is 24.2 Å². The Morgan fingerprint density at radius 2 is 1.70 bits per heavy atom. The van der Waals surface area contributed by atoms with Crippen LogP contribution in [0.25, 0.3) is 0 Å². The summed E-state index contributed by atoms with van der Waals surface area (Å²) in [6, 6.07) is 16.9. The van der Waals surface area contributed by atoms with Crippen LogP contribution >= 0.6 is 11.3 Å². The SMILES string of the molecule is O=C(Nc1ccccc1)Nc1nc(C(=O)N2CCc3ccccc3C2)cs1. The van der Waals surface area contributed by atoms with Gasteiger partial charge in [-0.1, -0.05) is 42.5 Å². The minimum Gasteiger partial charge on any atom is -0.333 e. The molecule has 0 radical (unpaired) electrons. The first kappa shape index (κ1) is 17.2. The topological polar surface area (TPSA) is 74.3 Å². The first-order valence-corrected chi connectivity index (χ1v) is 9.51. The fourth-order valence-electron chi connectivity index (χ4n) is 3.04. The molecule has 0 spiro atoms. The van der Waals surface area contributed by atoms with E-state index in [1.165, 1.54) is 22.5 Å². The van der Waals surface area contributed by atoms with Crippen molar-refractivity contribution in [3.05, 3.63) is 76.8 Å². The van der Waals surface area contributed by atoms with Gasteiger partial charge in [0.25, 0.3) is 5.91 Å². The second kappa shape index (κ2) is 7.59. The molecule has 0 bridgehead atoms. The highest BCUT2D eigenvalue weighted by molar-refractivity contribution is 7.14. The molecule has 136 valence electrons. The van der Waals surface area contributed by atoms with Crippen LogP contribution < -0.4 is 10.6 Å². The van der Waals surface area contributed by atoms with Gasteiger partial charge in [-0.25, -0.2) is 9.78 Å². The van der Waals surface area contributed by atoms with E-state index in [4.69, 9.17) is 0 Å². The third-order valence-electron chi connectivity index (χ3n) is 4.39. The van der Waals surface area contributed by atoms with Crippen molar-refractivity contribution in [2.75, 3.05) is 17.2 Å². The van der Waals surface area contributed by atoms with E-state index in [1.807, 2.05) is 30.3 Å². The van der Waals surface area contributed by atoms with E-state index >= 15 is 0 Å². The Morgan fingerprint density at radius 1 is 0.963 bits per heavy atom. The zero-order chi connectivity index (χ0) is 18.6. The average Bonchev–Trinajstić information content (AvgIpc) is 3.16. The Morgan fingerprint density at radius 3 is 2.52 bits per heavy atom. The molecule has 0 atom stereocenters. The van der Waals surface area contributed by atoms with Crippen LogP contribution in [0.3, 0.4) is 0 Å². The lowest BCUT2D eigenvalue weighted by Gasteiger charge is -2.28. The number of para-hydroxylation sites is 1. The molecule has 7 heteroatoms. The number of urea groups is 1. The third kappa shape index (κ3) is 3.98. The van der Waals surface area contributed by atoms with Gasteiger partial charge in [0.15, 0.2) is 5.13 Å². The molecule has 2 N–H and O–H groups in total. The predicted octanol–water partition coefficient (Wildman–Crippen LogP) is 3.99. The molecule has 0 saturated carbocycles.